The molecule has 3 rings (SSSR count). The Morgan fingerprint density at radius 3 is 2.17 bits per heavy atom. The molecule has 0 unspecified atom stereocenters. The molecule has 3 aliphatic rings. The minimum absolute atomic E-state index is 0.0199. The number of carbonyl (C=O) groups excluding carboxylic acids is 2. The molecule has 1 amide bonds. The summed E-state index contributed by atoms with van der Waals surface area (Å²) in [4.78, 5) is 28.2. The molecule has 2 bridgehead atoms. The van der Waals surface area contributed by atoms with Crippen molar-refractivity contribution in [2.45, 2.75) is 33.6 Å². The lowest BCUT2D eigenvalue weighted by atomic mass is 9.78. The summed E-state index contributed by atoms with van der Waals surface area (Å²) < 4.78 is 0. The van der Waals surface area contributed by atoms with E-state index in [2.05, 4.69) is 6.92 Å². The quantitative estimate of drug-likeness (QED) is 0.685. The number of quaternary nitrogens is 1. The average molecular weight is 320 g/mol. The first-order chi connectivity index (χ1) is 11.0. The van der Waals surface area contributed by atoms with Gasteiger partial charge in [0.15, 0.2) is 0 Å². The van der Waals surface area contributed by atoms with Crippen LogP contribution in [0.1, 0.15) is 33.6 Å². The highest BCUT2D eigenvalue weighted by Gasteiger charge is 2.55. The van der Waals surface area contributed by atoms with Crippen LogP contribution in [0, 0.1) is 23.7 Å². The number of fused-ring (bicyclic) bond motifs is 2. The van der Waals surface area contributed by atoms with Gasteiger partial charge in [-0.2, -0.15) is 0 Å². The minimum atomic E-state index is -1.04. The summed E-state index contributed by atoms with van der Waals surface area (Å²) in [5.41, 5.74) is 2.43. The summed E-state index contributed by atoms with van der Waals surface area (Å²) in [6.45, 7) is 10.8. The topological polar surface area (TPSA) is 64.9 Å². The zero-order chi connectivity index (χ0) is 16.7. The largest absolute Gasteiger partial charge is 0.550 e. The van der Waals surface area contributed by atoms with E-state index in [-0.39, 0.29) is 17.7 Å². The lowest BCUT2D eigenvalue weighted by Gasteiger charge is -2.37. The molecule has 5 nitrogen and oxygen atoms in total. The van der Waals surface area contributed by atoms with Crippen molar-refractivity contribution in [1.82, 2.24) is 4.90 Å². The van der Waals surface area contributed by atoms with Gasteiger partial charge in [-0.1, -0.05) is 11.1 Å². The molecule has 0 aromatic carbocycles. The average Bonchev–Trinajstić information content (AvgIpc) is 3.10. The van der Waals surface area contributed by atoms with Crippen molar-refractivity contribution in [1.29, 1.82) is 0 Å². The number of carboxylic acid groups (broad SMARTS) is 1. The fraction of sp³-hybridized carbons (Fsp3) is 0.778. The predicted octanol–water partition coefficient (Wildman–Crippen LogP) is -0.908. The first-order valence-electron chi connectivity index (χ1n) is 8.96. The second kappa shape index (κ2) is 6.27. The van der Waals surface area contributed by atoms with Crippen molar-refractivity contribution in [3.05, 3.63) is 11.1 Å². The lowest BCUT2D eigenvalue weighted by molar-refractivity contribution is -0.902. The maximum absolute atomic E-state index is 13.1. The van der Waals surface area contributed by atoms with Gasteiger partial charge in [0, 0.05) is 11.9 Å². The van der Waals surface area contributed by atoms with Gasteiger partial charge in [-0.15, -0.1) is 0 Å². The maximum atomic E-state index is 13.1. The summed E-state index contributed by atoms with van der Waals surface area (Å²) in [7, 11) is 0. The van der Waals surface area contributed by atoms with Gasteiger partial charge >= 0.3 is 0 Å². The number of piperazine rings is 1. The lowest BCUT2D eigenvalue weighted by Crippen LogP contribution is -3.14. The van der Waals surface area contributed by atoms with Crippen LogP contribution in [-0.2, 0) is 9.59 Å². The van der Waals surface area contributed by atoms with E-state index < -0.39 is 17.8 Å². The molecule has 0 aromatic rings. The number of rotatable bonds is 3. The van der Waals surface area contributed by atoms with E-state index >= 15 is 0 Å². The number of likely N-dealkylation sites (N-methyl/N-ethyl adjacent to an activating group) is 1. The Labute approximate surface area is 138 Å². The maximum Gasteiger partial charge on any atom is 0.227 e. The van der Waals surface area contributed by atoms with E-state index in [1.54, 1.807) is 0 Å². The zero-order valence-corrected chi connectivity index (χ0v) is 14.4. The van der Waals surface area contributed by atoms with Gasteiger partial charge in [0.2, 0.25) is 5.91 Å². The van der Waals surface area contributed by atoms with Gasteiger partial charge in [-0.05, 0) is 45.4 Å². The van der Waals surface area contributed by atoms with Gasteiger partial charge in [-0.25, -0.2) is 0 Å². The second-order valence-corrected chi connectivity index (χ2v) is 7.55. The normalized spacial score (nSPS) is 34.0. The molecule has 4 atom stereocenters. The molecule has 1 N–H and O–H groups in total. The van der Waals surface area contributed by atoms with Crippen LogP contribution < -0.4 is 10.0 Å². The van der Waals surface area contributed by atoms with E-state index in [1.807, 2.05) is 18.7 Å². The number of nitrogens with zero attached hydrogens (tertiary/aromatic N) is 1. The van der Waals surface area contributed by atoms with Crippen LogP contribution >= 0.6 is 0 Å². The highest BCUT2D eigenvalue weighted by atomic mass is 16.4. The van der Waals surface area contributed by atoms with Crippen LogP contribution in [0.15, 0.2) is 11.1 Å². The Morgan fingerprint density at radius 1 is 1.13 bits per heavy atom. The predicted molar refractivity (Wildman–Crippen MR) is 84.4 cm³/mol. The van der Waals surface area contributed by atoms with Crippen molar-refractivity contribution in [3.8, 4) is 0 Å². The van der Waals surface area contributed by atoms with Crippen molar-refractivity contribution >= 4 is 11.9 Å². The van der Waals surface area contributed by atoms with Crippen molar-refractivity contribution in [2.75, 3.05) is 32.7 Å². The van der Waals surface area contributed by atoms with Crippen molar-refractivity contribution in [3.63, 3.8) is 0 Å². The first-order valence-corrected chi connectivity index (χ1v) is 8.96. The van der Waals surface area contributed by atoms with E-state index in [9.17, 15) is 14.7 Å². The van der Waals surface area contributed by atoms with E-state index in [0.717, 1.165) is 45.6 Å². The number of hydrogen-bond donors (Lipinski definition) is 1. The Hall–Kier alpha value is -1.36. The number of nitrogens with one attached hydrogen (secondary N) is 1. The van der Waals surface area contributed by atoms with Gasteiger partial charge < -0.3 is 19.7 Å². The van der Waals surface area contributed by atoms with Crippen molar-refractivity contribution in [2.24, 2.45) is 23.7 Å². The van der Waals surface area contributed by atoms with Gasteiger partial charge in [0.05, 0.1) is 38.6 Å². The van der Waals surface area contributed by atoms with Crippen LogP contribution in [0.2, 0.25) is 0 Å². The second-order valence-electron chi connectivity index (χ2n) is 7.55. The molecule has 1 saturated heterocycles. The summed E-state index contributed by atoms with van der Waals surface area (Å²) in [6.07, 6.45) is 1.84. The van der Waals surface area contributed by atoms with Gasteiger partial charge in [0.25, 0.3) is 0 Å². The van der Waals surface area contributed by atoms with E-state index in [0.29, 0.717) is 0 Å². The van der Waals surface area contributed by atoms with Crippen LogP contribution in [0.4, 0.5) is 0 Å². The summed E-state index contributed by atoms with van der Waals surface area (Å²) >= 11 is 0. The van der Waals surface area contributed by atoms with Gasteiger partial charge in [-0.3, -0.25) is 4.79 Å². The Morgan fingerprint density at radius 2 is 1.70 bits per heavy atom. The Kier molecular flexibility index (Phi) is 4.50. The molecule has 3 fully saturated rings. The van der Waals surface area contributed by atoms with E-state index in [4.69, 9.17) is 0 Å². The summed E-state index contributed by atoms with van der Waals surface area (Å²) in [5.74, 6) is -1.86. The number of allylic oxidation sites excluding steroid dienone is 2. The highest BCUT2D eigenvalue weighted by molar-refractivity contribution is 5.87. The van der Waals surface area contributed by atoms with Crippen LogP contribution in [0.5, 0.6) is 0 Å². The van der Waals surface area contributed by atoms with Crippen molar-refractivity contribution < 1.29 is 19.6 Å². The number of hydrogen-bond acceptors (Lipinski definition) is 3. The molecule has 5 heteroatoms. The fourth-order valence-electron chi connectivity index (χ4n) is 5.18. The number of carbonyl (C=O) groups is 2. The number of aliphatic carboxylic acids is 1. The van der Waals surface area contributed by atoms with Crippen LogP contribution in [0.3, 0.4) is 0 Å². The molecule has 0 aromatic heterocycles. The SMILES string of the molecule is CC[NH+]1CCN(C(=O)[C@H]2[C@@H](C(=O)[O-])[C@@H]3CC[C@H]2C3=C(C)C)CC1. The Bertz CT molecular complexity index is 530. The first kappa shape index (κ1) is 16.5. The number of amides is 1. The fourth-order valence-corrected chi connectivity index (χ4v) is 5.18. The molecular weight excluding hydrogens is 292 g/mol. The summed E-state index contributed by atoms with van der Waals surface area (Å²) in [6, 6.07) is 0. The van der Waals surface area contributed by atoms with Gasteiger partial charge in [0.1, 0.15) is 0 Å². The standard InChI is InChI=1S/C18H28N2O3/c1-4-19-7-9-20(10-8-19)17(21)15-12-5-6-13(14(12)11(2)3)16(15)18(22)23/h12-13,15-16H,4-10H2,1-3H3,(H,22,23)/t12-,13+,15+,16-/m0/s1. The zero-order valence-electron chi connectivity index (χ0n) is 14.4. The molecule has 0 radical (unpaired) electrons. The molecule has 2 saturated carbocycles. The third-order valence-corrected chi connectivity index (χ3v) is 6.26. The summed E-state index contributed by atoms with van der Waals surface area (Å²) in [5, 5.41) is 11.7. The number of carboxylic acids is 1. The minimum Gasteiger partial charge on any atom is -0.550 e. The molecule has 23 heavy (non-hydrogen) atoms. The third-order valence-electron chi connectivity index (χ3n) is 6.26. The van der Waals surface area contributed by atoms with E-state index in [1.165, 1.54) is 16.0 Å². The van der Waals surface area contributed by atoms with Crippen LogP contribution in [0.25, 0.3) is 0 Å². The Balaban J connectivity index is 1.82. The molecule has 128 valence electrons. The highest BCUT2D eigenvalue weighted by Crippen LogP contribution is 2.57. The smallest absolute Gasteiger partial charge is 0.227 e. The molecule has 1 aliphatic heterocycles. The molecule has 2 aliphatic carbocycles. The molecule has 0 spiro atoms. The van der Waals surface area contributed by atoms with Crippen LogP contribution in [-0.4, -0.2) is 49.5 Å². The molecule has 1 heterocycles. The molecular formula is C18H28N2O3. The monoisotopic (exact) mass is 320 g/mol. The third kappa shape index (κ3) is 2.69.